The van der Waals surface area contributed by atoms with E-state index in [2.05, 4.69) is 13.2 Å². The maximum atomic E-state index is 5.41. The van der Waals surface area contributed by atoms with Gasteiger partial charge in [-0.15, -0.1) is 25.1 Å². The van der Waals surface area contributed by atoms with Gasteiger partial charge in [-0.05, 0) is 0 Å². The van der Waals surface area contributed by atoms with E-state index in [1.54, 1.807) is 12.0 Å². The van der Waals surface area contributed by atoms with E-state index >= 15 is 0 Å². The van der Waals surface area contributed by atoms with Gasteiger partial charge in [0.15, 0.2) is 0 Å². The number of rotatable bonds is 2. The average molecular weight is 100 g/mol. The standard InChI is InChI=1S/C4H6BCl/c1-3-5(6)4-2/h3-4H,1-2H2. The molecule has 0 atom stereocenters. The van der Waals surface area contributed by atoms with Crippen molar-refractivity contribution >= 4 is 17.6 Å². The molecule has 0 radical (unpaired) electrons. The quantitative estimate of drug-likeness (QED) is 0.463. The predicted octanol–water partition coefficient (Wildman–Crippen LogP) is 1.67. The van der Waals surface area contributed by atoms with E-state index in [4.69, 9.17) is 11.5 Å². The maximum absolute atomic E-state index is 5.41. The normalized spacial score (nSPS) is 6.83. The highest BCUT2D eigenvalue weighted by Gasteiger charge is 1.91. The molecule has 0 aromatic heterocycles. The van der Waals surface area contributed by atoms with E-state index in [0.29, 0.717) is 0 Å². The Morgan fingerprint density at radius 3 is 1.67 bits per heavy atom. The molecule has 32 valence electrons. The molecule has 0 N–H and O–H groups in total. The van der Waals surface area contributed by atoms with Crippen molar-refractivity contribution in [2.75, 3.05) is 0 Å². The van der Waals surface area contributed by atoms with Crippen LogP contribution in [0.5, 0.6) is 0 Å². The molecule has 0 saturated heterocycles. The fourth-order valence-electron chi connectivity index (χ4n) is 0.0962. The van der Waals surface area contributed by atoms with Crippen LogP contribution in [-0.2, 0) is 0 Å². The highest BCUT2D eigenvalue weighted by Crippen LogP contribution is 1.87. The Kier molecular flexibility index (Phi) is 2.96. The fraction of sp³-hybridized carbons (Fsp3) is 0. The van der Waals surface area contributed by atoms with Gasteiger partial charge in [0.2, 0.25) is 0 Å². The molecule has 0 aromatic carbocycles. The van der Waals surface area contributed by atoms with Gasteiger partial charge < -0.3 is 0 Å². The summed E-state index contributed by atoms with van der Waals surface area (Å²) in [5.41, 5.74) is 0. The molecule has 0 aromatic rings. The van der Waals surface area contributed by atoms with Crippen LogP contribution in [0.15, 0.2) is 25.1 Å². The van der Waals surface area contributed by atoms with Crippen molar-refractivity contribution in [2.45, 2.75) is 0 Å². The van der Waals surface area contributed by atoms with E-state index in [9.17, 15) is 0 Å². The molecule has 0 aliphatic rings. The molecule has 0 rings (SSSR count). The lowest BCUT2D eigenvalue weighted by Gasteiger charge is -1.78. The van der Waals surface area contributed by atoms with E-state index < -0.39 is 0 Å². The minimum Gasteiger partial charge on any atom is -0.183 e. The van der Waals surface area contributed by atoms with E-state index in [1.165, 1.54) is 0 Å². The number of hydrogen-bond donors (Lipinski definition) is 0. The van der Waals surface area contributed by atoms with Crippen LogP contribution in [0.2, 0.25) is 0 Å². The zero-order valence-corrected chi connectivity index (χ0v) is 4.28. The van der Waals surface area contributed by atoms with Gasteiger partial charge in [0.1, 0.15) is 0 Å². The van der Waals surface area contributed by atoms with Crippen molar-refractivity contribution in [2.24, 2.45) is 0 Å². The number of hydrogen-bond acceptors (Lipinski definition) is 0. The minimum absolute atomic E-state index is 0.0648. The lowest BCUT2D eigenvalue weighted by Crippen LogP contribution is -1.88. The highest BCUT2D eigenvalue weighted by molar-refractivity contribution is 7.12. The lowest BCUT2D eigenvalue weighted by molar-refractivity contribution is 2.41. The predicted molar refractivity (Wildman–Crippen MR) is 32.0 cm³/mol. The largest absolute Gasteiger partial charge is 0.299 e. The molecule has 0 spiro atoms. The van der Waals surface area contributed by atoms with Crippen LogP contribution in [-0.4, -0.2) is 6.13 Å². The minimum atomic E-state index is -0.0648. The van der Waals surface area contributed by atoms with Gasteiger partial charge in [-0.25, -0.2) is 0 Å². The molecule has 0 saturated carbocycles. The van der Waals surface area contributed by atoms with Crippen molar-refractivity contribution in [1.29, 1.82) is 0 Å². The van der Waals surface area contributed by atoms with Gasteiger partial charge >= 0.3 is 0 Å². The third kappa shape index (κ3) is 2.10. The van der Waals surface area contributed by atoms with Crippen LogP contribution in [0.4, 0.5) is 0 Å². The molecule has 0 nitrogen and oxygen atoms in total. The molecule has 0 heterocycles. The summed E-state index contributed by atoms with van der Waals surface area (Å²) >= 11 is 5.41. The molecule has 6 heavy (non-hydrogen) atoms. The molecule has 0 aliphatic carbocycles. The molecule has 0 aliphatic heterocycles. The Morgan fingerprint density at radius 2 is 1.67 bits per heavy atom. The second-order valence-electron chi connectivity index (χ2n) is 0.916. The molecule has 0 amide bonds. The van der Waals surface area contributed by atoms with Crippen molar-refractivity contribution in [3.63, 3.8) is 0 Å². The first-order valence-electron chi connectivity index (χ1n) is 1.70. The van der Waals surface area contributed by atoms with Crippen LogP contribution >= 0.6 is 11.5 Å². The summed E-state index contributed by atoms with van der Waals surface area (Å²) < 4.78 is 0. The molecule has 0 unspecified atom stereocenters. The number of halogens is 1. The summed E-state index contributed by atoms with van der Waals surface area (Å²) in [5, 5.41) is 0. The Bertz CT molecular complexity index is 52.6. The summed E-state index contributed by atoms with van der Waals surface area (Å²) in [6.07, 6.45) is -0.0648. The second-order valence-corrected chi connectivity index (χ2v) is 1.42. The third-order valence-corrected chi connectivity index (χ3v) is 0.807. The van der Waals surface area contributed by atoms with E-state index in [0.717, 1.165) is 0 Å². The summed E-state index contributed by atoms with van der Waals surface area (Å²) in [6.45, 7) is 6.86. The second kappa shape index (κ2) is 3.04. The van der Waals surface area contributed by atoms with Crippen molar-refractivity contribution < 1.29 is 0 Å². The zero-order valence-electron chi connectivity index (χ0n) is 3.52. The first-order valence-corrected chi connectivity index (χ1v) is 2.14. The molecule has 0 bridgehead atoms. The smallest absolute Gasteiger partial charge is 0.183 e. The molecule has 0 fully saturated rings. The van der Waals surface area contributed by atoms with Gasteiger partial charge in [-0.2, -0.15) is 11.5 Å². The first-order chi connectivity index (χ1) is 2.81. The van der Waals surface area contributed by atoms with Crippen molar-refractivity contribution in [3.05, 3.63) is 25.1 Å². The first kappa shape index (κ1) is 5.83. The highest BCUT2D eigenvalue weighted by atomic mass is 35.5. The summed E-state index contributed by atoms with van der Waals surface area (Å²) in [5.74, 6) is 3.24. The summed E-state index contributed by atoms with van der Waals surface area (Å²) in [7, 11) is 0. The van der Waals surface area contributed by atoms with Gasteiger partial charge in [0.25, 0.3) is 6.13 Å². The molecular weight excluding hydrogens is 94.3 g/mol. The average Bonchev–Trinajstić information content (AvgIpc) is 1.65. The molecular formula is C4H6BCl. The third-order valence-electron chi connectivity index (χ3n) is 0.450. The monoisotopic (exact) mass is 100 g/mol. The van der Waals surface area contributed by atoms with Crippen LogP contribution in [0, 0.1) is 0 Å². The zero-order chi connectivity index (χ0) is 4.99. The SMILES string of the molecule is C=CB(Cl)C=C. The Morgan fingerprint density at radius 1 is 1.33 bits per heavy atom. The topological polar surface area (TPSA) is 0 Å². The van der Waals surface area contributed by atoms with Gasteiger partial charge in [0.05, 0.1) is 0 Å². The van der Waals surface area contributed by atoms with Crippen LogP contribution in [0.25, 0.3) is 0 Å². The van der Waals surface area contributed by atoms with Gasteiger partial charge in [-0.3, -0.25) is 0 Å². The van der Waals surface area contributed by atoms with E-state index in [1.807, 2.05) is 0 Å². The van der Waals surface area contributed by atoms with Crippen molar-refractivity contribution in [3.8, 4) is 0 Å². The summed E-state index contributed by atoms with van der Waals surface area (Å²) in [4.78, 5) is 0. The molecule has 2 heteroatoms. The lowest BCUT2D eigenvalue weighted by atomic mass is 9.78. The van der Waals surface area contributed by atoms with Gasteiger partial charge in [0, 0.05) is 0 Å². The Balaban J connectivity index is 3.21. The van der Waals surface area contributed by atoms with Crippen LogP contribution in [0.1, 0.15) is 0 Å². The fourth-order valence-corrected chi connectivity index (χ4v) is 0.0962. The van der Waals surface area contributed by atoms with Crippen LogP contribution in [0.3, 0.4) is 0 Å². The van der Waals surface area contributed by atoms with Crippen LogP contribution < -0.4 is 0 Å². The Hall–Kier alpha value is -0.165. The van der Waals surface area contributed by atoms with Crippen molar-refractivity contribution in [1.82, 2.24) is 0 Å². The maximum Gasteiger partial charge on any atom is 0.299 e. The van der Waals surface area contributed by atoms with E-state index in [-0.39, 0.29) is 6.13 Å². The summed E-state index contributed by atoms with van der Waals surface area (Å²) in [6, 6.07) is 0. The van der Waals surface area contributed by atoms with Gasteiger partial charge in [-0.1, -0.05) is 0 Å². The Labute approximate surface area is 43.5 Å².